The van der Waals surface area contributed by atoms with E-state index in [4.69, 9.17) is 9.47 Å². The molecule has 9 heteroatoms. The lowest BCUT2D eigenvalue weighted by Gasteiger charge is -2.21. The van der Waals surface area contributed by atoms with E-state index in [1.807, 2.05) is 44.4 Å². The van der Waals surface area contributed by atoms with Crippen molar-refractivity contribution in [3.05, 3.63) is 46.9 Å². The quantitative estimate of drug-likeness (QED) is 0.408. The van der Waals surface area contributed by atoms with Gasteiger partial charge in [-0.2, -0.15) is 0 Å². The third kappa shape index (κ3) is 6.31. The number of amides is 1. The van der Waals surface area contributed by atoms with Crippen molar-refractivity contribution < 1.29 is 14.3 Å². The number of carbonyl (C=O) groups is 1. The Bertz CT molecular complexity index is 983. The summed E-state index contributed by atoms with van der Waals surface area (Å²) >= 11 is 5.00. The first-order chi connectivity index (χ1) is 14.0. The molecule has 2 aromatic carbocycles. The number of aromatic nitrogens is 1. The van der Waals surface area contributed by atoms with Crippen LogP contribution in [-0.2, 0) is 4.79 Å². The van der Waals surface area contributed by atoms with E-state index in [-0.39, 0.29) is 24.9 Å². The summed E-state index contributed by atoms with van der Waals surface area (Å²) in [6.07, 6.45) is 0.840. The van der Waals surface area contributed by atoms with E-state index in [0.717, 1.165) is 27.7 Å². The molecule has 0 bridgehead atoms. The minimum atomic E-state index is -0.132. The highest BCUT2D eigenvalue weighted by Gasteiger charge is 2.21. The molecule has 6 nitrogen and oxygen atoms in total. The molecule has 0 atom stereocenters. The summed E-state index contributed by atoms with van der Waals surface area (Å²) in [5.74, 6) is 1.02. The van der Waals surface area contributed by atoms with Crippen molar-refractivity contribution in [3.63, 3.8) is 0 Å². The average molecular weight is 515 g/mol. The van der Waals surface area contributed by atoms with Crippen molar-refractivity contribution >= 4 is 60.9 Å². The highest BCUT2D eigenvalue weighted by molar-refractivity contribution is 9.10. The van der Waals surface area contributed by atoms with E-state index >= 15 is 0 Å². The molecule has 162 valence electrons. The summed E-state index contributed by atoms with van der Waals surface area (Å²) in [6, 6.07) is 13.2. The number of anilines is 1. The van der Waals surface area contributed by atoms with Crippen LogP contribution in [-0.4, -0.2) is 56.7 Å². The van der Waals surface area contributed by atoms with Gasteiger partial charge >= 0.3 is 0 Å². The van der Waals surface area contributed by atoms with Gasteiger partial charge in [0.2, 0.25) is 0 Å². The zero-order chi connectivity index (χ0) is 20.8. The number of halogens is 2. The van der Waals surface area contributed by atoms with Crippen LogP contribution in [0.1, 0.15) is 6.42 Å². The SMILES string of the molecule is COc1ccccc1OCC(=O)N(CCCN(C)C)c1nc2ccc(Br)cc2s1.Cl. The van der Waals surface area contributed by atoms with Crippen LogP contribution >= 0.6 is 39.7 Å². The minimum absolute atomic E-state index is 0. The molecule has 0 fully saturated rings. The molecule has 0 unspecified atom stereocenters. The molecule has 0 aliphatic carbocycles. The molecule has 0 saturated heterocycles. The topological polar surface area (TPSA) is 54.9 Å². The highest BCUT2D eigenvalue weighted by atomic mass is 79.9. The molecule has 3 rings (SSSR count). The van der Waals surface area contributed by atoms with Gasteiger partial charge in [0, 0.05) is 11.0 Å². The Morgan fingerprint density at radius 3 is 2.57 bits per heavy atom. The minimum Gasteiger partial charge on any atom is -0.493 e. The summed E-state index contributed by atoms with van der Waals surface area (Å²) in [4.78, 5) is 21.5. The molecular formula is C21H25BrClN3O3S. The number of para-hydroxylation sites is 2. The summed E-state index contributed by atoms with van der Waals surface area (Å²) in [5.41, 5.74) is 0.879. The third-order valence-corrected chi connectivity index (χ3v) is 5.81. The fourth-order valence-corrected chi connectivity index (χ4v) is 4.39. The zero-order valence-electron chi connectivity index (χ0n) is 17.1. The number of carbonyl (C=O) groups excluding carboxylic acids is 1. The molecule has 1 amide bonds. The largest absolute Gasteiger partial charge is 0.493 e. The molecule has 0 radical (unpaired) electrons. The highest BCUT2D eigenvalue weighted by Crippen LogP contribution is 2.31. The van der Waals surface area contributed by atoms with Gasteiger partial charge in [-0.1, -0.05) is 39.4 Å². The number of hydrogen-bond donors (Lipinski definition) is 0. The number of ether oxygens (including phenoxy) is 2. The van der Waals surface area contributed by atoms with Crippen LogP contribution in [0.3, 0.4) is 0 Å². The monoisotopic (exact) mass is 513 g/mol. The van der Waals surface area contributed by atoms with Crippen LogP contribution in [0, 0.1) is 0 Å². The van der Waals surface area contributed by atoms with Crippen LogP contribution in [0.25, 0.3) is 10.2 Å². The van der Waals surface area contributed by atoms with Crippen LogP contribution in [0.5, 0.6) is 11.5 Å². The van der Waals surface area contributed by atoms with Gasteiger partial charge in [-0.05, 0) is 57.4 Å². The Hall–Kier alpha value is -1.87. The third-order valence-electron chi connectivity index (χ3n) is 4.28. The maximum absolute atomic E-state index is 13.0. The first kappa shape index (κ1) is 24.4. The Morgan fingerprint density at radius 2 is 1.87 bits per heavy atom. The Balaban J connectivity index is 0.00000320. The second kappa shape index (κ2) is 11.5. The molecule has 0 N–H and O–H groups in total. The van der Waals surface area contributed by atoms with E-state index in [9.17, 15) is 4.79 Å². The van der Waals surface area contributed by atoms with Crippen LogP contribution < -0.4 is 14.4 Å². The number of rotatable bonds is 9. The summed E-state index contributed by atoms with van der Waals surface area (Å²) in [7, 11) is 5.62. The van der Waals surface area contributed by atoms with E-state index in [2.05, 4.69) is 25.8 Å². The summed E-state index contributed by atoms with van der Waals surface area (Å²) in [5, 5.41) is 0.686. The Kier molecular flexibility index (Phi) is 9.36. The Labute approximate surface area is 195 Å². The van der Waals surface area contributed by atoms with E-state index in [1.54, 1.807) is 24.1 Å². The second-order valence-corrected chi connectivity index (χ2v) is 8.68. The zero-order valence-corrected chi connectivity index (χ0v) is 20.3. The van der Waals surface area contributed by atoms with Crippen molar-refractivity contribution in [2.45, 2.75) is 6.42 Å². The lowest BCUT2D eigenvalue weighted by atomic mass is 10.3. The van der Waals surface area contributed by atoms with Crippen molar-refractivity contribution in [1.29, 1.82) is 0 Å². The number of nitrogens with zero attached hydrogens (tertiary/aromatic N) is 3. The predicted octanol–water partition coefficient (Wildman–Crippen LogP) is 4.85. The predicted molar refractivity (Wildman–Crippen MR) is 129 cm³/mol. The van der Waals surface area contributed by atoms with Gasteiger partial charge in [0.1, 0.15) is 0 Å². The maximum Gasteiger partial charge on any atom is 0.266 e. The summed E-state index contributed by atoms with van der Waals surface area (Å²) in [6.45, 7) is 1.38. The van der Waals surface area contributed by atoms with Gasteiger partial charge in [-0.3, -0.25) is 9.69 Å². The molecular weight excluding hydrogens is 490 g/mol. The fourth-order valence-electron chi connectivity index (χ4n) is 2.83. The first-order valence-corrected chi connectivity index (χ1v) is 10.9. The number of thiazole rings is 1. The van der Waals surface area contributed by atoms with Crippen molar-refractivity contribution in [2.24, 2.45) is 0 Å². The van der Waals surface area contributed by atoms with Crippen molar-refractivity contribution in [2.75, 3.05) is 45.8 Å². The van der Waals surface area contributed by atoms with Gasteiger partial charge in [-0.15, -0.1) is 12.4 Å². The Morgan fingerprint density at radius 1 is 1.13 bits per heavy atom. The number of methoxy groups -OCH3 is 1. The molecule has 3 aromatic rings. The van der Waals surface area contributed by atoms with E-state index in [1.165, 1.54) is 11.3 Å². The maximum atomic E-state index is 13.0. The van der Waals surface area contributed by atoms with Crippen LogP contribution in [0.15, 0.2) is 46.9 Å². The second-order valence-electron chi connectivity index (χ2n) is 6.75. The van der Waals surface area contributed by atoms with Gasteiger partial charge in [0.15, 0.2) is 23.2 Å². The molecule has 0 aliphatic heterocycles. The van der Waals surface area contributed by atoms with Gasteiger partial charge < -0.3 is 14.4 Å². The normalized spacial score (nSPS) is 10.7. The van der Waals surface area contributed by atoms with Crippen LogP contribution in [0.4, 0.5) is 5.13 Å². The smallest absolute Gasteiger partial charge is 0.266 e. The van der Waals surface area contributed by atoms with E-state index < -0.39 is 0 Å². The molecule has 30 heavy (non-hydrogen) atoms. The fraction of sp³-hybridized carbons (Fsp3) is 0.333. The lowest BCUT2D eigenvalue weighted by Crippen LogP contribution is -2.36. The molecule has 0 saturated carbocycles. The van der Waals surface area contributed by atoms with Gasteiger partial charge in [-0.25, -0.2) is 4.98 Å². The number of fused-ring (bicyclic) bond motifs is 1. The number of benzene rings is 2. The van der Waals surface area contributed by atoms with E-state index in [0.29, 0.717) is 23.2 Å². The molecule has 0 aliphatic rings. The standard InChI is InChI=1S/C21H24BrN3O3S.ClH/c1-24(2)11-6-12-25(21-23-16-10-9-15(22)13-19(16)29-21)20(26)14-28-18-8-5-4-7-17(18)27-3;/h4-5,7-10,13H,6,11-12,14H2,1-3H3;1H. The van der Waals surface area contributed by atoms with Gasteiger partial charge in [0.25, 0.3) is 5.91 Å². The molecule has 1 aromatic heterocycles. The van der Waals surface area contributed by atoms with Crippen LogP contribution in [0.2, 0.25) is 0 Å². The van der Waals surface area contributed by atoms with Crippen molar-refractivity contribution in [3.8, 4) is 11.5 Å². The lowest BCUT2D eigenvalue weighted by molar-refractivity contribution is -0.120. The van der Waals surface area contributed by atoms with Gasteiger partial charge in [0.05, 0.1) is 17.3 Å². The first-order valence-electron chi connectivity index (χ1n) is 9.25. The molecule has 0 spiro atoms. The van der Waals surface area contributed by atoms with Crippen molar-refractivity contribution in [1.82, 2.24) is 9.88 Å². The summed E-state index contributed by atoms with van der Waals surface area (Å²) < 4.78 is 13.1. The molecule has 1 heterocycles. The number of hydrogen-bond acceptors (Lipinski definition) is 6. The average Bonchev–Trinajstić information content (AvgIpc) is 3.12.